The lowest BCUT2D eigenvalue weighted by molar-refractivity contribution is 0.309. The van der Waals surface area contributed by atoms with Crippen molar-refractivity contribution in [2.45, 2.75) is 65.3 Å². The maximum Gasteiger partial charge on any atom is 0.181 e. The quantitative estimate of drug-likeness (QED) is 0.684. The predicted octanol–water partition coefficient (Wildman–Crippen LogP) is 5.17. The summed E-state index contributed by atoms with van der Waals surface area (Å²) >= 11 is 0. The van der Waals surface area contributed by atoms with Crippen molar-refractivity contribution in [3.63, 3.8) is 0 Å². The van der Waals surface area contributed by atoms with Crippen molar-refractivity contribution in [1.29, 1.82) is 0 Å². The number of nitrogens with one attached hydrogen (secondary N) is 1. The minimum absolute atomic E-state index is 0.253. The van der Waals surface area contributed by atoms with Crippen molar-refractivity contribution in [1.82, 2.24) is 20.2 Å². The second-order valence-corrected chi connectivity index (χ2v) is 8.24. The molecule has 1 aliphatic rings. The van der Waals surface area contributed by atoms with Crippen LogP contribution in [0.2, 0.25) is 0 Å². The number of rotatable bonds is 4. The lowest BCUT2D eigenvalue weighted by Crippen LogP contribution is -2.40. The molecule has 5 nitrogen and oxygen atoms in total. The first-order valence-electron chi connectivity index (χ1n) is 10.2. The van der Waals surface area contributed by atoms with Crippen molar-refractivity contribution in [2.24, 2.45) is 0 Å². The van der Waals surface area contributed by atoms with Crippen LogP contribution in [0.4, 0.5) is 5.69 Å². The van der Waals surface area contributed by atoms with Crippen LogP contribution in [-0.4, -0.2) is 20.2 Å². The van der Waals surface area contributed by atoms with Crippen molar-refractivity contribution in [3.05, 3.63) is 64.5 Å². The topological polar surface area (TPSA) is 55.6 Å². The number of hydrogen-bond acceptors (Lipinski definition) is 4. The largest absolute Gasteiger partial charge is 0.372 e. The van der Waals surface area contributed by atoms with E-state index in [9.17, 15) is 0 Å². The fraction of sp³-hybridized carbons (Fsp3) is 0.435. The summed E-state index contributed by atoms with van der Waals surface area (Å²) in [6.45, 7) is 8.55. The summed E-state index contributed by atoms with van der Waals surface area (Å²) in [5.41, 5.74) is 6.92. The monoisotopic (exact) mass is 375 g/mol. The van der Waals surface area contributed by atoms with Crippen LogP contribution in [0.5, 0.6) is 0 Å². The summed E-state index contributed by atoms with van der Waals surface area (Å²) in [4.78, 5) is 0. The van der Waals surface area contributed by atoms with Gasteiger partial charge in [0, 0.05) is 5.69 Å². The summed E-state index contributed by atoms with van der Waals surface area (Å²) in [7, 11) is 0. The van der Waals surface area contributed by atoms with E-state index < -0.39 is 0 Å². The number of aryl methyl sites for hydroxylation is 4. The molecule has 0 aliphatic heterocycles. The Labute approximate surface area is 167 Å². The molecule has 146 valence electrons. The summed E-state index contributed by atoms with van der Waals surface area (Å²) < 4.78 is 1.96. The molecule has 0 radical (unpaired) electrons. The fourth-order valence-electron chi connectivity index (χ4n) is 4.55. The van der Waals surface area contributed by atoms with E-state index in [1.54, 1.807) is 0 Å². The average molecular weight is 376 g/mol. The zero-order chi connectivity index (χ0) is 19.7. The molecule has 0 amide bonds. The highest BCUT2D eigenvalue weighted by molar-refractivity contribution is 5.55. The van der Waals surface area contributed by atoms with Crippen molar-refractivity contribution < 1.29 is 0 Å². The third-order valence-electron chi connectivity index (χ3n) is 6.01. The van der Waals surface area contributed by atoms with Crippen molar-refractivity contribution >= 4 is 5.69 Å². The predicted molar refractivity (Wildman–Crippen MR) is 113 cm³/mol. The Balaban J connectivity index is 1.83. The number of anilines is 1. The molecule has 0 bridgehead atoms. The van der Waals surface area contributed by atoms with E-state index >= 15 is 0 Å². The molecule has 0 atom stereocenters. The minimum Gasteiger partial charge on any atom is -0.372 e. The molecule has 0 spiro atoms. The molecule has 1 aromatic heterocycles. The first kappa shape index (κ1) is 18.7. The molecule has 1 saturated carbocycles. The van der Waals surface area contributed by atoms with Crippen molar-refractivity contribution in [2.75, 3.05) is 5.32 Å². The lowest BCUT2D eigenvalue weighted by atomic mass is 9.80. The highest BCUT2D eigenvalue weighted by Crippen LogP contribution is 2.40. The highest BCUT2D eigenvalue weighted by Gasteiger charge is 2.39. The van der Waals surface area contributed by atoms with Gasteiger partial charge in [-0.25, -0.2) is 0 Å². The number of benzene rings is 2. The maximum atomic E-state index is 4.55. The minimum atomic E-state index is -0.253. The molecule has 28 heavy (non-hydrogen) atoms. The molecule has 3 aromatic rings. The zero-order valence-electron chi connectivity index (χ0n) is 17.3. The van der Waals surface area contributed by atoms with Gasteiger partial charge in [-0.3, -0.25) is 0 Å². The highest BCUT2D eigenvalue weighted by atomic mass is 15.6. The van der Waals surface area contributed by atoms with Gasteiger partial charge in [-0.1, -0.05) is 55.2 Å². The van der Waals surface area contributed by atoms with Gasteiger partial charge in [-0.05, 0) is 73.7 Å². The molecule has 1 aliphatic carbocycles. The Morgan fingerprint density at radius 2 is 1.61 bits per heavy atom. The van der Waals surface area contributed by atoms with Crippen molar-refractivity contribution in [3.8, 4) is 5.69 Å². The van der Waals surface area contributed by atoms with Crippen LogP contribution in [0.1, 0.15) is 60.2 Å². The van der Waals surface area contributed by atoms with Gasteiger partial charge < -0.3 is 5.32 Å². The van der Waals surface area contributed by atoms with Crippen LogP contribution >= 0.6 is 0 Å². The van der Waals surface area contributed by atoms with Crippen LogP contribution in [0, 0.1) is 27.7 Å². The van der Waals surface area contributed by atoms with Gasteiger partial charge in [0.15, 0.2) is 5.82 Å². The first-order valence-corrected chi connectivity index (χ1v) is 10.2. The van der Waals surface area contributed by atoms with Gasteiger partial charge in [-0.2, -0.15) is 4.68 Å². The summed E-state index contributed by atoms with van der Waals surface area (Å²) in [5.74, 6) is 0.921. The third kappa shape index (κ3) is 3.30. The SMILES string of the molecule is Cc1ccc(NC2(c3nnnn3-c3c(C)cccc3C)CCCCC2)c(C)c1. The number of para-hydroxylation sites is 1. The molecule has 1 heterocycles. The maximum absolute atomic E-state index is 4.55. The van der Waals surface area contributed by atoms with Crippen LogP contribution < -0.4 is 5.32 Å². The number of hydrogen-bond donors (Lipinski definition) is 1. The Bertz CT molecular complexity index is 962. The fourth-order valence-corrected chi connectivity index (χ4v) is 4.55. The molecule has 2 aromatic carbocycles. The normalized spacial score (nSPS) is 16.1. The Morgan fingerprint density at radius 3 is 2.29 bits per heavy atom. The van der Waals surface area contributed by atoms with Gasteiger partial charge in [0.2, 0.25) is 0 Å². The molecule has 0 saturated heterocycles. The summed E-state index contributed by atoms with van der Waals surface area (Å²) in [6, 6.07) is 12.9. The Hall–Kier alpha value is -2.69. The molecule has 1 N–H and O–H groups in total. The van der Waals surface area contributed by atoms with Gasteiger partial charge in [0.25, 0.3) is 0 Å². The lowest BCUT2D eigenvalue weighted by Gasteiger charge is -2.38. The van der Waals surface area contributed by atoms with E-state index in [0.29, 0.717) is 0 Å². The molecule has 1 fully saturated rings. The summed E-state index contributed by atoms with van der Waals surface area (Å²) in [5, 5.41) is 17.0. The van der Waals surface area contributed by atoms with E-state index in [4.69, 9.17) is 0 Å². The Morgan fingerprint density at radius 1 is 0.893 bits per heavy atom. The zero-order valence-corrected chi connectivity index (χ0v) is 17.3. The van der Waals surface area contributed by atoms with Crippen LogP contribution in [-0.2, 0) is 5.54 Å². The molecular weight excluding hydrogens is 346 g/mol. The molecular formula is C23H29N5. The Kier molecular flexibility index (Phi) is 4.92. The van der Waals surface area contributed by atoms with Crippen LogP contribution in [0.15, 0.2) is 36.4 Å². The van der Waals surface area contributed by atoms with Gasteiger partial charge >= 0.3 is 0 Å². The van der Waals surface area contributed by atoms with Gasteiger partial charge in [0.05, 0.1) is 11.2 Å². The van der Waals surface area contributed by atoms with Gasteiger partial charge in [0.1, 0.15) is 0 Å². The number of nitrogens with zero attached hydrogens (tertiary/aromatic N) is 4. The summed E-state index contributed by atoms with van der Waals surface area (Å²) in [6.07, 6.45) is 5.69. The smallest absolute Gasteiger partial charge is 0.181 e. The molecule has 0 unspecified atom stereocenters. The van der Waals surface area contributed by atoms with E-state index in [0.717, 1.165) is 24.4 Å². The second kappa shape index (κ2) is 7.38. The average Bonchev–Trinajstić information content (AvgIpc) is 3.15. The molecule has 4 rings (SSSR count). The molecule has 5 heteroatoms. The number of aromatic nitrogens is 4. The first-order chi connectivity index (χ1) is 13.5. The second-order valence-electron chi connectivity index (χ2n) is 8.24. The standard InChI is InChI=1S/C23H29N5/c1-16-11-12-20(19(4)15-16)24-23(13-6-5-7-14-23)22-25-26-27-28(22)21-17(2)9-8-10-18(21)3/h8-12,15,24H,5-7,13-14H2,1-4H3. The van der Waals surface area contributed by atoms with E-state index in [2.05, 4.69) is 84.9 Å². The van der Waals surface area contributed by atoms with E-state index in [1.807, 2.05) is 4.68 Å². The third-order valence-corrected chi connectivity index (χ3v) is 6.01. The van der Waals surface area contributed by atoms with Crippen LogP contribution in [0.3, 0.4) is 0 Å². The van der Waals surface area contributed by atoms with E-state index in [-0.39, 0.29) is 5.54 Å². The van der Waals surface area contributed by atoms with Crippen LogP contribution in [0.25, 0.3) is 5.69 Å². The van der Waals surface area contributed by atoms with E-state index in [1.165, 1.54) is 47.2 Å². The number of tetrazole rings is 1. The van der Waals surface area contributed by atoms with Gasteiger partial charge in [-0.15, -0.1) is 5.10 Å².